The first kappa shape index (κ1) is 11.3. The van der Waals surface area contributed by atoms with Crippen LogP contribution in [0.3, 0.4) is 0 Å². The Hall–Kier alpha value is -1.23. The molecule has 0 spiro atoms. The zero-order valence-corrected chi connectivity index (χ0v) is 10.6. The molecule has 1 N–H and O–H groups in total. The molecule has 0 saturated carbocycles. The van der Waals surface area contributed by atoms with Crippen LogP contribution in [0.4, 0.5) is 0 Å². The maximum atomic E-state index is 10.9. The Kier molecular flexibility index (Phi) is 3.05. The predicted molar refractivity (Wildman–Crippen MR) is 62.7 cm³/mol. The van der Waals surface area contributed by atoms with E-state index in [0.29, 0.717) is 17.9 Å². The van der Waals surface area contributed by atoms with Gasteiger partial charge in [0.25, 0.3) is 0 Å². The van der Waals surface area contributed by atoms with E-state index in [9.17, 15) is 4.79 Å². The van der Waals surface area contributed by atoms with Crippen molar-refractivity contribution in [2.45, 2.75) is 12.5 Å². The van der Waals surface area contributed by atoms with Gasteiger partial charge in [-0.2, -0.15) is 0 Å². The Morgan fingerprint density at radius 2 is 1.88 bits per heavy atom. The lowest BCUT2D eigenvalue weighted by Crippen LogP contribution is -2.41. The molecule has 1 saturated heterocycles. The summed E-state index contributed by atoms with van der Waals surface area (Å²) in [6.45, 7) is 0. The lowest BCUT2D eigenvalue weighted by atomic mass is 9.97. The molecule has 0 radical (unpaired) electrons. The quantitative estimate of drug-likeness (QED) is 0.865. The second kappa shape index (κ2) is 4.33. The maximum absolute atomic E-state index is 10.9. The van der Waals surface area contributed by atoms with Crippen LogP contribution in [0.1, 0.15) is 18.0 Å². The third-order valence-corrected chi connectivity index (χ3v) is 3.29. The maximum Gasteiger partial charge on any atom is 0.222 e. The van der Waals surface area contributed by atoms with Gasteiger partial charge >= 0.3 is 0 Å². The van der Waals surface area contributed by atoms with Gasteiger partial charge in [0.05, 0.1) is 26.7 Å². The third-order valence-electron chi connectivity index (χ3n) is 2.60. The molecule has 1 aliphatic rings. The summed E-state index contributed by atoms with van der Waals surface area (Å²) in [5.74, 6) is 1.41. The van der Waals surface area contributed by atoms with Crippen LogP contribution in [0.15, 0.2) is 16.6 Å². The van der Waals surface area contributed by atoms with E-state index < -0.39 is 0 Å². The Morgan fingerprint density at radius 3 is 2.38 bits per heavy atom. The fraction of sp³-hybridized carbons (Fsp3) is 0.364. The topological polar surface area (TPSA) is 47.6 Å². The molecule has 1 aromatic carbocycles. The molecule has 5 heteroatoms. The molecule has 0 aliphatic carbocycles. The normalized spacial score (nSPS) is 18.7. The molecular formula is C11H12BrNO3. The van der Waals surface area contributed by atoms with Crippen molar-refractivity contribution in [3.63, 3.8) is 0 Å². The lowest BCUT2D eigenvalue weighted by molar-refractivity contribution is -0.128. The Morgan fingerprint density at radius 1 is 1.31 bits per heavy atom. The summed E-state index contributed by atoms with van der Waals surface area (Å²) in [6.07, 6.45) is 0.522. The van der Waals surface area contributed by atoms with Gasteiger partial charge in [0, 0.05) is 4.47 Å². The Balaban J connectivity index is 2.35. The first-order valence-electron chi connectivity index (χ1n) is 4.86. The third kappa shape index (κ3) is 1.87. The minimum absolute atomic E-state index is 0.0710. The van der Waals surface area contributed by atoms with E-state index >= 15 is 0 Å². The highest BCUT2D eigenvalue weighted by Gasteiger charge is 2.29. The van der Waals surface area contributed by atoms with Crippen molar-refractivity contribution >= 4 is 21.8 Å². The smallest absolute Gasteiger partial charge is 0.222 e. The van der Waals surface area contributed by atoms with E-state index in [-0.39, 0.29) is 11.9 Å². The van der Waals surface area contributed by atoms with Crippen molar-refractivity contribution in [3.05, 3.63) is 22.2 Å². The number of methoxy groups -OCH3 is 2. The number of ether oxygens (including phenoxy) is 2. The van der Waals surface area contributed by atoms with Crippen LogP contribution in [0, 0.1) is 0 Å². The molecule has 1 fully saturated rings. The van der Waals surface area contributed by atoms with Crippen molar-refractivity contribution in [1.29, 1.82) is 0 Å². The van der Waals surface area contributed by atoms with Crippen molar-refractivity contribution in [2.24, 2.45) is 0 Å². The monoisotopic (exact) mass is 285 g/mol. The molecule has 4 nitrogen and oxygen atoms in total. The highest BCUT2D eigenvalue weighted by atomic mass is 79.9. The molecule has 2 rings (SSSR count). The van der Waals surface area contributed by atoms with Crippen molar-refractivity contribution in [1.82, 2.24) is 5.32 Å². The van der Waals surface area contributed by atoms with Crippen LogP contribution in [-0.4, -0.2) is 20.1 Å². The van der Waals surface area contributed by atoms with Gasteiger partial charge < -0.3 is 14.8 Å². The summed E-state index contributed by atoms with van der Waals surface area (Å²) in [5, 5.41) is 2.82. The molecule has 16 heavy (non-hydrogen) atoms. The van der Waals surface area contributed by atoms with Crippen LogP contribution in [0.2, 0.25) is 0 Å². The van der Waals surface area contributed by atoms with E-state index in [0.717, 1.165) is 10.0 Å². The highest BCUT2D eigenvalue weighted by Crippen LogP contribution is 2.38. The summed E-state index contributed by atoms with van der Waals surface area (Å²) in [7, 11) is 3.18. The van der Waals surface area contributed by atoms with Crippen LogP contribution < -0.4 is 14.8 Å². The largest absolute Gasteiger partial charge is 0.493 e. The fourth-order valence-corrected chi connectivity index (χ4v) is 2.28. The molecule has 1 unspecified atom stereocenters. The van der Waals surface area contributed by atoms with Gasteiger partial charge in [0.1, 0.15) is 0 Å². The number of hydrogen-bond acceptors (Lipinski definition) is 3. The van der Waals surface area contributed by atoms with Crippen molar-refractivity contribution in [3.8, 4) is 11.5 Å². The highest BCUT2D eigenvalue weighted by molar-refractivity contribution is 9.10. The summed E-state index contributed by atoms with van der Waals surface area (Å²) in [6, 6.07) is 3.80. The zero-order valence-electron chi connectivity index (χ0n) is 9.04. The number of halogens is 1. The molecule has 0 aromatic heterocycles. The standard InChI is InChI=1S/C11H12BrNO3/c1-15-9-3-6(8-5-11(14)13-8)7(12)4-10(9)16-2/h3-4,8H,5H2,1-2H3,(H,13,14). The number of carbonyl (C=O) groups is 1. The van der Waals surface area contributed by atoms with Gasteiger partial charge in [-0.15, -0.1) is 0 Å². The number of amides is 1. The number of hydrogen-bond donors (Lipinski definition) is 1. The van der Waals surface area contributed by atoms with Gasteiger partial charge in [0.2, 0.25) is 5.91 Å². The summed E-state index contributed by atoms with van der Waals surface area (Å²) in [5.41, 5.74) is 1.01. The van der Waals surface area contributed by atoms with E-state index in [1.165, 1.54) is 0 Å². The number of nitrogens with one attached hydrogen (secondary N) is 1. The summed E-state index contributed by atoms with van der Waals surface area (Å²) in [4.78, 5) is 10.9. The van der Waals surface area contributed by atoms with Crippen LogP contribution >= 0.6 is 15.9 Å². The Labute approximate surface area is 102 Å². The van der Waals surface area contributed by atoms with E-state index in [4.69, 9.17) is 9.47 Å². The molecule has 1 amide bonds. The van der Waals surface area contributed by atoms with Crippen molar-refractivity contribution < 1.29 is 14.3 Å². The van der Waals surface area contributed by atoms with Crippen LogP contribution in [0.25, 0.3) is 0 Å². The van der Waals surface area contributed by atoms with E-state index in [1.54, 1.807) is 14.2 Å². The van der Waals surface area contributed by atoms with Crippen LogP contribution in [-0.2, 0) is 4.79 Å². The number of rotatable bonds is 3. The van der Waals surface area contributed by atoms with Gasteiger partial charge in [-0.1, -0.05) is 15.9 Å². The Bertz CT molecular complexity index is 425. The SMILES string of the molecule is COc1cc(Br)c(C2CC(=O)N2)cc1OC. The summed E-state index contributed by atoms with van der Waals surface area (Å²) >= 11 is 3.46. The van der Waals surface area contributed by atoms with E-state index in [1.807, 2.05) is 12.1 Å². The molecule has 1 aromatic rings. The lowest BCUT2D eigenvalue weighted by Gasteiger charge is -2.28. The molecule has 0 bridgehead atoms. The average Bonchev–Trinajstić information content (AvgIpc) is 2.25. The van der Waals surface area contributed by atoms with Gasteiger partial charge in [0.15, 0.2) is 11.5 Å². The van der Waals surface area contributed by atoms with Gasteiger partial charge in [-0.3, -0.25) is 4.79 Å². The second-order valence-corrected chi connectivity index (χ2v) is 4.41. The molecule has 86 valence electrons. The minimum atomic E-state index is 0.0710. The zero-order chi connectivity index (χ0) is 11.7. The van der Waals surface area contributed by atoms with Gasteiger partial charge in [-0.25, -0.2) is 0 Å². The first-order chi connectivity index (χ1) is 7.65. The predicted octanol–water partition coefficient (Wildman–Crippen LogP) is 2.03. The summed E-state index contributed by atoms with van der Waals surface area (Å²) < 4.78 is 11.3. The number of benzene rings is 1. The molecular weight excluding hydrogens is 274 g/mol. The molecule has 1 atom stereocenters. The number of β-lactam (4-membered cyclic amide) rings is 1. The van der Waals surface area contributed by atoms with Gasteiger partial charge in [-0.05, 0) is 17.7 Å². The first-order valence-corrected chi connectivity index (χ1v) is 5.65. The minimum Gasteiger partial charge on any atom is -0.493 e. The van der Waals surface area contributed by atoms with Crippen LogP contribution in [0.5, 0.6) is 11.5 Å². The average molecular weight is 286 g/mol. The fourth-order valence-electron chi connectivity index (χ4n) is 1.68. The van der Waals surface area contributed by atoms with Crippen molar-refractivity contribution in [2.75, 3.05) is 14.2 Å². The number of carbonyl (C=O) groups excluding carboxylic acids is 1. The molecule has 1 aliphatic heterocycles. The van der Waals surface area contributed by atoms with E-state index in [2.05, 4.69) is 21.2 Å². The second-order valence-electron chi connectivity index (χ2n) is 3.55. The molecule has 1 heterocycles.